The van der Waals surface area contributed by atoms with Crippen molar-refractivity contribution in [1.82, 2.24) is 10.6 Å². The first-order valence-electron chi connectivity index (χ1n) is 5.89. The molecule has 0 heterocycles. The van der Waals surface area contributed by atoms with E-state index in [4.69, 9.17) is 11.5 Å². The Kier molecular flexibility index (Phi) is 5.42. The molecule has 5 nitrogen and oxygen atoms in total. The minimum atomic E-state index is -1.13. The van der Waals surface area contributed by atoms with E-state index in [0.29, 0.717) is 12.0 Å². The van der Waals surface area contributed by atoms with E-state index in [1.165, 1.54) is 0 Å². The first-order valence-corrected chi connectivity index (χ1v) is 5.89. The van der Waals surface area contributed by atoms with Gasteiger partial charge in [-0.05, 0) is 12.0 Å². The van der Waals surface area contributed by atoms with Crippen molar-refractivity contribution in [1.29, 1.82) is 0 Å². The first kappa shape index (κ1) is 14.6. The molecule has 5 heteroatoms. The minimum absolute atomic E-state index is 0.412. The highest BCUT2D eigenvalue weighted by molar-refractivity contribution is 5.83. The van der Waals surface area contributed by atoms with Crippen molar-refractivity contribution >= 4 is 12.0 Å². The molecule has 0 saturated carbocycles. The van der Waals surface area contributed by atoms with Gasteiger partial charge in [-0.3, -0.25) is 0 Å². The fourth-order valence-corrected chi connectivity index (χ4v) is 1.53. The van der Waals surface area contributed by atoms with Crippen molar-refractivity contribution in [2.75, 3.05) is 0 Å². The van der Waals surface area contributed by atoms with E-state index in [1.54, 1.807) is 30.3 Å². The van der Waals surface area contributed by atoms with Crippen LogP contribution in [0.5, 0.6) is 0 Å². The Morgan fingerprint density at radius 3 is 2.42 bits per heavy atom. The summed E-state index contributed by atoms with van der Waals surface area (Å²) in [5.74, 6) is 1.28. The number of carboxylic acid groups (broad SMARTS) is 1. The Morgan fingerprint density at radius 2 is 1.95 bits per heavy atom. The summed E-state index contributed by atoms with van der Waals surface area (Å²) < 4.78 is 0. The highest BCUT2D eigenvalue weighted by atomic mass is 16.4. The average molecular weight is 260 g/mol. The second-order valence-corrected chi connectivity index (χ2v) is 3.93. The lowest BCUT2D eigenvalue weighted by Gasteiger charge is -2.17. The number of benzene rings is 1. The van der Waals surface area contributed by atoms with Crippen LogP contribution in [0.1, 0.15) is 24.9 Å². The summed E-state index contributed by atoms with van der Waals surface area (Å²) in [4.78, 5) is 22.9. The second-order valence-electron chi connectivity index (χ2n) is 3.93. The van der Waals surface area contributed by atoms with Gasteiger partial charge in [-0.2, -0.15) is 0 Å². The summed E-state index contributed by atoms with van der Waals surface area (Å²) in [5.41, 5.74) is 0.499. The summed E-state index contributed by atoms with van der Waals surface area (Å²) in [6.45, 7) is 1.83. The van der Waals surface area contributed by atoms with Gasteiger partial charge in [-0.1, -0.05) is 43.2 Å². The molecule has 1 aromatic carbocycles. The van der Waals surface area contributed by atoms with E-state index in [0.717, 1.165) is 0 Å². The molecule has 0 aliphatic rings. The lowest BCUT2D eigenvalue weighted by molar-refractivity contribution is -0.139. The highest BCUT2D eigenvalue weighted by Crippen LogP contribution is 2.12. The molecule has 3 N–H and O–H groups in total. The maximum absolute atomic E-state index is 11.7. The number of carboxylic acids is 1. The van der Waals surface area contributed by atoms with Gasteiger partial charge >= 0.3 is 12.0 Å². The van der Waals surface area contributed by atoms with E-state index >= 15 is 0 Å². The van der Waals surface area contributed by atoms with Crippen LogP contribution in [0.3, 0.4) is 0 Å². The smallest absolute Gasteiger partial charge is 0.330 e. The number of urea groups is 1. The van der Waals surface area contributed by atoms with E-state index in [2.05, 4.69) is 16.6 Å². The maximum Gasteiger partial charge on any atom is 0.330 e. The fourth-order valence-electron chi connectivity index (χ4n) is 1.53. The van der Waals surface area contributed by atoms with E-state index in [9.17, 15) is 9.59 Å². The monoisotopic (exact) mass is 260 g/mol. The Bertz CT molecular complexity index is 479. The zero-order valence-electron chi connectivity index (χ0n) is 10.6. The Labute approximate surface area is 112 Å². The molecule has 2 atom stereocenters. The Morgan fingerprint density at radius 1 is 1.32 bits per heavy atom. The molecule has 1 unspecified atom stereocenters. The Hall–Kier alpha value is -2.48. The molecule has 100 valence electrons. The number of rotatable bonds is 5. The first-order chi connectivity index (χ1) is 9.08. The molecule has 0 fully saturated rings. The predicted octanol–water partition coefficient (Wildman–Crippen LogP) is 1.52. The molecule has 0 spiro atoms. The van der Waals surface area contributed by atoms with Gasteiger partial charge in [0, 0.05) is 0 Å². The molecule has 0 aliphatic heterocycles. The van der Waals surface area contributed by atoms with E-state index in [1.807, 2.05) is 6.92 Å². The molecule has 0 bridgehead atoms. The summed E-state index contributed by atoms with van der Waals surface area (Å²) >= 11 is 0. The molecule has 19 heavy (non-hydrogen) atoms. The van der Waals surface area contributed by atoms with Crippen molar-refractivity contribution in [2.45, 2.75) is 25.4 Å². The number of carbonyl (C=O) groups is 2. The van der Waals surface area contributed by atoms with Crippen LogP contribution in [0, 0.1) is 12.3 Å². The molecule has 1 rings (SSSR count). The predicted molar refractivity (Wildman–Crippen MR) is 71.4 cm³/mol. The average Bonchev–Trinajstić information content (AvgIpc) is 2.42. The van der Waals surface area contributed by atoms with E-state index < -0.39 is 24.1 Å². The Balaban J connectivity index is 2.73. The van der Waals surface area contributed by atoms with Crippen molar-refractivity contribution in [2.24, 2.45) is 0 Å². The van der Waals surface area contributed by atoms with Crippen LogP contribution in [0.4, 0.5) is 4.79 Å². The normalized spacial score (nSPS) is 12.8. The van der Waals surface area contributed by atoms with Gasteiger partial charge in [-0.25, -0.2) is 9.59 Å². The number of aliphatic carboxylic acids is 1. The fraction of sp³-hybridized carbons (Fsp3) is 0.286. The van der Waals surface area contributed by atoms with Crippen LogP contribution in [0.15, 0.2) is 30.3 Å². The van der Waals surface area contributed by atoms with Gasteiger partial charge < -0.3 is 15.7 Å². The van der Waals surface area contributed by atoms with Gasteiger partial charge in [0.25, 0.3) is 0 Å². The second kappa shape index (κ2) is 7.07. The number of nitrogens with one attached hydrogen (secondary N) is 2. The molecular formula is C14H16N2O3. The largest absolute Gasteiger partial charge is 0.479 e. The molecule has 1 aromatic rings. The van der Waals surface area contributed by atoms with Crippen LogP contribution in [-0.2, 0) is 4.79 Å². The lowest BCUT2D eigenvalue weighted by Crippen LogP contribution is -2.44. The van der Waals surface area contributed by atoms with Gasteiger partial charge in [0.15, 0.2) is 6.04 Å². The van der Waals surface area contributed by atoms with Gasteiger partial charge in [-0.15, -0.1) is 6.42 Å². The summed E-state index contributed by atoms with van der Waals surface area (Å²) in [5, 5.41) is 14.0. The SMILES string of the molecule is C#CC(CC)NC(=O)N[C@H](C(=O)O)c1ccccc1. The highest BCUT2D eigenvalue weighted by Gasteiger charge is 2.22. The topological polar surface area (TPSA) is 78.4 Å². The zero-order valence-corrected chi connectivity index (χ0v) is 10.6. The van der Waals surface area contributed by atoms with Crippen molar-refractivity contribution in [3.8, 4) is 12.3 Å². The van der Waals surface area contributed by atoms with Crippen molar-refractivity contribution in [3.63, 3.8) is 0 Å². The quantitative estimate of drug-likeness (QED) is 0.702. The lowest BCUT2D eigenvalue weighted by atomic mass is 10.1. The third kappa shape index (κ3) is 4.36. The maximum atomic E-state index is 11.7. The van der Waals surface area contributed by atoms with Gasteiger partial charge in [0.1, 0.15) is 0 Å². The third-order valence-electron chi connectivity index (χ3n) is 2.57. The molecule has 2 amide bonds. The number of hydrogen-bond donors (Lipinski definition) is 3. The number of hydrogen-bond acceptors (Lipinski definition) is 2. The zero-order chi connectivity index (χ0) is 14.3. The molecular weight excluding hydrogens is 244 g/mol. The number of carbonyl (C=O) groups excluding carboxylic acids is 1. The standard InChI is InChI=1S/C14H16N2O3/c1-3-11(4-2)15-14(19)16-12(13(17)18)10-8-6-5-7-9-10/h1,5-9,11-12H,4H2,2H3,(H,17,18)(H2,15,16,19)/t11?,12-/m0/s1. The summed E-state index contributed by atoms with van der Waals surface area (Å²) in [6, 6.07) is 6.36. The molecule has 0 aromatic heterocycles. The summed E-state index contributed by atoms with van der Waals surface area (Å²) in [6.07, 6.45) is 5.80. The van der Waals surface area contributed by atoms with Crippen LogP contribution < -0.4 is 10.6 Å². The number of terminal acetylenes is 1. The minimum Gasteiger partial charge on any atom is -0.479 e. The number of amides is 2. The molecule has 0 radical (unpaired) electrons. The van der Waals surface area contributed by atoms with Crippen molar-refractivity contribution in [3.05, 3.63) is 35.9 Å². The van der Waals surface area contributed by atoms with Crippen LogP contribution >= 0.6 is 0 Å². The third-order valence-corrected chi connectivity index (χ3v) is 2.57. The summed E-state index contributed by atoms with van der Waals surface area (Å²) in [7, 11) is 0. The van der Waals surface area contributed by atoms with Gasteiger partial charge in [0.2, 0.25) is 0 Å². The molecule has 0 aliphatic carbocycles. The van der Waals surface area contributed by atoms with E-state index in [-0.39, 0.29) is 0 Å². The van der Waals surface area contributed by atoms with Crippen LogP contribution in [0.25, 0.3) is 0 Å². The van der Waals surface area contributed by atoms with Crippen LogP contribution in [-0.4, -0.2) is 23.1 Å². The van der Waals surface area contributed by atoms with Crippen molar-refractivity contribution < 1.29 is 14.7 Å². The van der Waals surface area contributed by atoms with Gasteiger partial charge in [0.05, 0.1) is 6.04 Å². The van der Waals surface area contributed by atoms with Crippen LogP contribution in [0.2, 0.25) is 0 Å². The molecule has 0 saturated heterocycles.